The molecule has 2 unspecified atom stereocenters. The molecule has 3 nitrogen and oxygen atoms in total. The molecule has 0 spiro atoms. The Morgan fingerprint density at radius 2 is 1.52 bits per heavy atom. The Morgan fingerprint density at radius 3 is 2.10 bits per heavy atom. The van der Waals surface area contributed by atoms with Crippen LogP contribution in [-0.2, 0) is 13.8 Å². The van der Waals surface area contributed by atoms with Crippen LogP contribution in [0.2, 0.25) is 0 Å². The van der Waals surface area contributed by atoms with Gasteiger partial charge in [0.2, 0.25) is 0 Å². The summed E-state index contributed by atoms with van der Waals surface area (Å²) in [5.41, 5.74) is 1.21. The van der Waals surface area contributed by atoms with E-state index >= 15 is 4.39 Å². The molecule has 42 heavy (non-hydrogen) atoms. The van der Waals surface area contributed by atoms with E-state index in [0.29, 0.717) is 5.56 Å². The molecular weight excluding hydrogens is 1020 g/mol. The predicted octanol–water partition coefficient (Wildman–Crippen LogP) is 11.0. The monoisotopic (exact) mass is 1040 g/mol. The molecule has 3 aromatic rings. The molecule has 0 bridgehead atoms. The number of alkyl halides is 8. The number of nitrogens with one attached hydrogen (secondary N) is 1. The zero-order valence-electron chi connectivity index (χ0n) is 21.7. The van der Waals surface area contributed by atoms with Gasteiger partial charge >= 0.3 is 287 Å². The number of amides is 1. The van der Waals surface area contributed by atoms with Crippen LogP contribution in [0.15, 0.2) is 72.8 Å². The van der Waals surface area contributed by atoms with Gasteiger partial charge in [-0.2, -0.15) is 0 Å². The Balaban J connectivity index is 1.95. The Labute approximate surface area is 284 Å². The molecule has 4 rings (SSSR count). The number of rotatable bonds is 11. The molecule has 0 radical (unpaired) electrons. The Morgan fingerprint density at radius 1 is 0.929 bits per heavy atom. The molecule has 0 aromatic heterocycles. The van der Waals surface area contributed by atoms with Crippen molar-refractivity contribution in [2.24, 2.45) is 0 Å². The molecule has 0 aliphatic heterocycles. The SMILES string of the molecule is O=C(NC1CCCC1)I(I)C(Cc1ccccc1)(c1ccc(C(F)(F)I)cc1)c1cc(F)cc(OC(F)(I)C(F)F)c1. The van der Waals surface area contributed by atoms with Gasteiger partial charge < -0.3 is 0 Å². The number of halogens is 10. The predicted molar refractivity (Wildman–Crippen MR) is 185 cm³/mol. The summed E-state index contributed by atoms with van der Waals surface area (Å²) in [5.74, 6) is -1.36. The summed E-state index contributed by atoms with van der Waals surface area (Å²) in [6.07, 6.45) is 0.276. The van der Waals surface area contributed by atoms with E-state index in [9.17, 15) is 26.7 Å². The zero-order valence-corrected chi connectivity index (χ0v) is 30.3. The molecule has 1 saturated carbocycles. The van der Waals surface area contributed by atoms with Crippen molar-refractivity contribution < 1.29 is 35.9 Å². The van der Waals surface area contributed by atoms with Crippen LogP contribution in [0.1, 0.15) is 47.9 Å². The van der Waals surface area contributed by atoms with Crippen molar-refractivity contribution in [3.05, 3.63) is 101 Å². The quantitative estimate of drug-likeness (QED) is 0.0683. The summed E-state index contributed by atoms with van der Waals surface area (Å²) < 4.78 is 81.7. The van der Waals surface area contributed by atoms with Gasteiger partial charge in [0, 0.05) is 0 Å². The summed E-state index contributed by atoms with van der Waals surface area (Å²) in [7, 11) is 0. The van der Waals surface area contributed by atoms with E-state index in [2.05, 4.69) is 23.9 Å². The third kappa shape index (κ3) is 8.17. The Kier molecular flexibility index (Phi) is 11.6. The fourth-order valence-corrected chi connectivity index (χ4v) is 14.5. The molecule has 1 aliphatic carbocycles. The van der Waals surface area contributed by atoms with Crippen LogP contribution in [-0.4, -0.2) is 20.2 Å². The van der Waals surface area contributed by atoms with Gasteiger partial charge in [0.1, 0.15) is 0 Å². The average Bonchev–Trinajstić information content (AvgIpc) is 3.44. The van der Waals surface area contributed by atoms with Crippen LogP contribution in [0.5, 0.6) is 5.75 Å². The van der Waals surface area contributed by atoms with Gasteiger partial charge in [-0.05, 0) is 0 Å². The normalized spacial score (nSPS) is 17.4. The van der Waals surface area contributed by atoms with E-state index in [1.165, 1.54) is 36.4 Å². The first kappa shape index (κ1) is 34.3. The number of carbonyl (C=O) groups excluding carboxylic acids is 1. The van der Waals surface area contributed by atoms with Crippen molar-refractivity contribution in [2.45, 2.75) is 55.8 Å². The first-order valence-electron chi connectivity index (χ1n) is 12.8. The van der Waals surface area contributed by atoms with Crippen LogP contribution in [0.4, 0.5) is 31.1 Å². The molecule has 3 aromatic carbocycles. The number of benzene rings is 3. The van der Waals surface area contributed by atoms with Crippen LogP contribution >= 0.6 is 79.6 Å². The first-order valence-corrected chi connectivity index (χ1v) is 23.4. The average molecular weight is 1040 g/mol. The van der Waals surface area contributed by atoms with Gasteiger partial charge in [0.25, 0.3) is 0 Å². The second-order valence-electron chi connectivity index (χ2n) is 9.82. The molecule has 13 heteroatoms. The fourth-order valence-electron chi connectivity index (χ4n) is 4.90. The van der Waals surface area contributed by atoms with Gasteiger partial charge in [-0.3, -0.25) is 0 Å². The first-order chi connectivity index (χ1) is 19.7. The van der Waals surface area contributed by atoms with Crippen LogP contribution in [0, 0.1) is 5.82 Å². The van der Waals surface area contributed by atoms with E-state index in [1.54, 1.807) is 12.1 Å². The molecular formula is C29H25F6I4NO2. The number of ether oxygens (including phenoxy) is 1. The number of carbonyl (C=O) groups is 1. The molecule has 1 amide bonds. The van der Waals surface area contributed by atoms with Gasteiger partial charge in [-0.15, -0.1) is 0 Å². The molecule has 0 saturated heterocycles. The molecule has 2 atom stereocenters. The van der Waals surface area contributed by atoms with Crippen molar-refractivity contribution in [3.63, 3.8) is 0 Å². The summed E-state index contributed by atoms with van der Waals surface area (Å²) in [6, 6.07) is 17.9. The van der Waals surface area contributed by atoms with E-state index in [-0.39, 0.29) is 27.5 Å². The van der Waals surface area contributed by atoms with Crippen molar-refractivity contribution in [2.75, 3.05) is 0 Å². The van der Waals surface area contributed by atoms with Gasteiger partial charge in [0.15, 0.2) is 0 Å². The molecule has 228 valence electrons. The maximum absolute atomic E-state index is 15.2. The summed E-state index contributed by atoms with van der Waals surface area (Å²) in [6.45, 7) is 0. The second kappa shape index (κ2) is 14.2. The number of hydrogen-bond acceptors (Lipinski definition) is 2. The van der Waals surface area contributed by atoms with Crippen molar-refractivity contribution in [1.82, 2.24) is 5.32 Å². The van der Waals surface area contributed by atoms with E-state index in [0.717, 1.165) is 82.5 Å². The van der Waals surface area contributed by atoms with E-state index < -0.39 is 45.0 Å². The van der Waals surface area contributed by atoms with Crippen LogP contribution in [0.25, 0.3) is 0 Å². The van der Waals surface area contributed by atoms with Gasteiger partial charge in [-0.25, -0.2) is 0 Å². The van der Waals surface area contributed by atoms with Gasteiger partial charge in [0.05, 0.1) is 0 Å². The van der Waals surface area contributed by atoms with Crippen LogP contribution < -0.4 is 10.1 Å². The van der Waals surface area contributed by atoms with Gasteiger partial charge in [-0.1, -0.05) is 0 Å². The fraction of sp³-hybridized carbons (Fsp3) is 0.345. The second-order valence-corrected chi connectivity index (χ2v) is 22.3. The standard InChI is InChI=1S/C29H25F6I4NO2/c30-22-14-21(15-24(16-22)42-29(35,37)25(31)32)27(17-18-6-2-1-3-7-18,19-10-12-20(13-11-19)28(33,34)36)39(38)26(41)40-23-8-4-5-9-23/h1-3,6-7,10-16,23,25H,4-5,8-9,17H2,(H,40,41). The van der Waals surface area contributed by atoms with Crippen molar-refractivity contribution >= 4 is 83.6 Å². The van der Waals surface area contributed by atoms with Crippen molar-refractivity contribution in [3.8, 4) is 5.75 Å². The third-order valence-electron chi connectivity index (χ3n) is 6.90. The third-order valence-corrected chi connectivity index (χ3v) is 19.8. The minimum absolute atomic E-state index is 0.00907. The summed E-state index contributed by atoms with van der Waals surface area (Å²) in [5, 5.41) is 3.14. The molecule has 0 heterocycles. The van der Waals surface area contributed by atoms with E-state index in [1.807, 2.05) is 18.2 Å². The zero-order chi connectivity index (χ0) is 30.7. The number of hydrogen-bond donors (Lipinski definition) is 1. The molecule has 1 N–H and O–H groups in total. The van der Waals surface area contributed by atoms with Crippen LogP contribution in [0.3, 0.4) is 0 Å². The Hall–Kier alpha value is -0.570. The Bertz CT molecular complexity index is 1370. The maximum atomic E-state index is 15.2. The summed E-state index contributed by atoms with van der Waals surface area (Å²) in [4.78, 5) is 13.9. The topological polar surface area (TPSA) is 38.3 Å². The minimum atomic E-state index is -3.52. The van der Waals surface area contributed by atoms with Crippen molar-refractivity contribution in [1.29, 1.82) is 0 Å². The van der Waals surface area contributed by atoms with E-state index in [4.69, 9.17) is 4.74 Å². The molecule has 1 fully saturated rings. The summed E-state index contributed by atoms with van der Waals surface area (Å²) >= 11 is 0.898. The molecule has 1 aliphatic rings.